The van der Waals surface area contributed by atoms with Crippen LogP contribution in [0, 0.1) is 0 Å². The van der Waals surface area contributed by atoms with E-state index in [4.69, 9.17) is 0 Å². The van der Waals surface area contributed by atoms with Gasteiger partial charge in [0, 0.05) is 27.1 Å². The van der Waals surface area contributed by atoms with Crippen molar-refractivity contribution in [3.8, 4) is 0 Å². The minimum Gasteiger partial charge on any atom is -0.359 e. The first-order chi connectivity index (χ1) is 7.15. The summed E-state index contributed by atoms with van der Waals surface area (Å²) < 4.78 is 0. The van der Waals surface area contributed by atoms with E-state index in [1.54, 1.807) is 19.0 Å². The van der Waals surface area contributed by atoms with Gasteiger partial charge >= 0.3 is 0 Å². The summed E-state index contributed by atoms with van der Waals surface area (Å²) in [6.07, 6.45) is 2.33. The monoisotopic (exact) mass is 213 g/mol. The van der Waals surface area contributed by atoms with Crippen molar-refractivity contribution in [1.29, 1.82) is 0 Å². The molecule has 2 N–H and O–H groups in total. The van der Waals surface area contributed by atoms with Crippen molar-refractivity contribution in [2.24, 2.45) is 0 Å². The molecule has 15 heavy (non-hydrogen) atoms. The topological polar surface area (TPSA) is 61.4 Å². The second-order valence-electron chi connectivity index (χ2n) is 3.83. The lowest BCUT2D eigenvalue weighted by Gasteiger charge is -2.20. The highest BCUT2D eigenvalue weighted by Crippen LogP contribution is 2.07. The van der Waals surface area contributed by atoms with Crippen LogP contribution in [0.2, 0.25) is 0 Å². The summed E-state index contributed by atoms with van der Waals surface area (Å²) in [6, 6.07) is -0.0420. The van der Waals surface area contributed by atoms with Gasteiger partial charge in [-0.25, -0.2) is 0 Å². The second-order valence-corrected chi connectivity index (χ2v) is 3.83. The first kappa shape index (κ1) is 12.0. The summed E-state index contributed by atoms with van der Waals surface area (Å²) in [5.74, 6) is 0.0606. The fourth-order valence-electron chi connectivity index (χ4n) is 1.67. The molecule has 2 amide bonds. The van der Waals surface area contributed by atoms with E-state index in [1.165, 1.54) is 0 Å². The van der Waals surface area contributed by atoms with Crippen molar-refractivity contribution in [3.05, 3.63) is 0 Å². The van der Waals surface area contributed by atoms with Gasteiger partial charge < -0.3 is 15.5 Å². The van der Waals surface area contributed by atoms with Gasteiger partial charge in [-0.05, 0) is 19.4 Å². The van der Waals surface area contributed by atoms with Gasteiger partial charge in [-0.15, -0.1) is 0 Å². The Morgan fingerprint density at radius 2 is 2.27 bits per heavy atom. The van der Waals surface area contributed by atoms with E-state index in [9.17, 15) is 9.59 Å². The summed E-state index contributed by atoms with van der Waals surface area (Å²) >= 11 is 0. The molecule has 1 saturated heterocycles. The van der Waals surface area contributed by atoms with Crippen LogP contribution in [0.4, 0.5) is 0 Å². The van der Waals surface area contributed by atoms with Gasteiger partial charge in [0.15, 0.2) is 0 Å². The molecule has 0 bridgehead atoms. The second kappa shape index (κ2) is 5.70. The van der Waals surface area contributed by atoms with E-state index in [2.05, 4.69) is 10.6 Å². The molecule has 5 nitrogen and oxygen atoms in total. The van der Waals surface area contributed by atoms with Crippen LogP contribution in [0.25, 0.3) is 0 Å². The van der Waals surface area contributed by atoms with Crippen molar-refractivity contribution in [3.63, 3.8) is 0 Å². The molecule has 0 radical (unpaired) electrons. The average Bonchev–Trinajstić information content (AvgIpc) is 2.77. The van der Waals surface area contributed by atoms with Crippen molar-refractivity contribution >= 4 is 11.8 Å². The van der Waals surface area contributed by atoms with Crippen LogP contribution in [0.3, 0.4) is 0 Å². The van der Waals surface area contributed by atoms with Gasteiger partial charge in [0.25, 0.3) is 0 Å². The zero-order valence-corrected chi connectivity index (χ0v) is 9.38. The molecule has 0 aromatic rings. The molecule has 5 heteroatoms. The number of nitrogens with one attached hydrogen (secondary N) is 2. The van der Waals surface area contributed by atoms with E-state index in [-0.39, 0.29) is 17.9 Å². The fourth-order valence-corrected chi connectivity index (χ4v) is 1.67. The highest BCUT2D eigenvalue weighted by Gasteiger charge is 2.24. The standard InChI is InChI=1S/C10H19N3O2/c1-11-9(14)5-7-13(2)10(15)8-4-3-6-12-8/h8,12H,3-7H2,1-2H3,(H,11,14). The Morgan fingerprint density at radius 1 is 1.53 bits per heavy atom. The largest absolute Gasteiger partial charge is 0.359 e. The first-order valence-corrected chi connectivity index (χ1v) is 5.34. The third-order valence-electron chi connectivity index (χ3n) is 2.69. The van der Waals surface area contributed by atoms with Crippen molar-refractivity contribution in [2.75, 3.05) is 27.2 Å². The maximum absolute atomic E-state index is 11.8. The van der Waals surface area contributed by atoms with E-state index in [1.807, 2.05) is 0 Å². The summed E-state index contributed by atoms with van der Waals surface area (Å²) in [4.78, 5) is 24.4. The molecule has 1 fully saturated rings. The quantitative estimate of drug-likeness (QED) is 0.651. The average molecular weight is 213 g/mol. The molecule has 1 heterocycles. The molecule has 0 aromatic heterocycles. The number of carbonyl (C=O) groups is 2. The fraction of sp³-hybridized carbons (Fsp3) is 0.800. The Morgan fingerprint density at radius 3 is 2.80 bits per heavy atom. The lowest BCUT2D eigenvalue weighted by Crippen LogP contribution is -2.42. The Bertz CT molecular complexity index is 237. The lowest BCUT2D eigenvalue weighted by molar-refractivity contribution is -0.132. The molecule has 1 aliphatic rings. The van der Waals surface area contributed by atoms with Gasteiger partial charge in [0.05, 0.1) is 6.04 Å². The molecule has 0 aromatic carbocycles. The van der Waals surface area contributed by atoms with Crippen LogP contribution >= 0.6 is 0 Å². The van der Waals surface area contributed by atoms with Gasteiger partial charge in [-0.2, -0.15) is 0 Å². The predicted octanol–water partition coefficient (Wildman–Crippen LogP) is -0.667. The van der Waals surface area contributed by atoms with Crippen molar-refractivity contribution in [1.82, 2.24) is 15.5 Å². The zero-order valence-electron chi connectivity index (χ0n) is 9.38. The molecular formula is C10H19N3O2. The molecule has 1 unspecified atom stereocenters. The smallest absolute Gasteiger partial charge is 0.239 e. The SMILES string of the molecule is CNC(=O)CCN(C)C(=O)C1CCCN1. The highest BCUT2D eigenvalue weighted by atomic mass is 16.2. The molecule has 1 atom stereocenters. The number of hydrogen-bond donors (Lipinski definition) is 2. The van der Waals surface area contributed by atoms with Crippen LogP contribution in [0.15, 0.2) is 0 Å². The molecule has 1 aliphatic heterocycles. The highest BCUT2D eigenvalue weighted by molar-refractivity contribution is 5.83. The molecular weight excluding hydrogens is 194 g/mol. The molecule has 0 spiro atoms. The number of amides is 2. The maximum Gasteiger partial charge on any atom is 0.239 e. The van der Waals surface area contributed by atoms with E-state index >= 15 is 0 Å². The Balaban J connectivity index is 2.29. The zero-order chi connectivity index (χ0) is 11.3. The third-order valence-corrected chi connectivity index (χ3v) is 2.69. The van der Waals surface area contributed by atoms with Crippen molar-refractivity contribution < 1.29 is 9.59 Å². The summed E-state index contributed by atoms with van der Waals surface area (Å²) in [5, 5.41) is 5.68. The predicted molar refractivity (Wildman–Crippen MR) is 57.3 cm³/mol. The summed E-state index contributed by atoms with van der Waals surface area (Å²) in [5.41, 5.74) is 0. The Labute approximate surface area is 90.2 Å². The molecule has 0 aliphatic carbocycles. The number of carbonyl (C=O) groups excluding carboxylic acids is 2. The number of hydrogen-bond acceptors (Lipinski definition) is 3. The Kier molecular flexibility index (Phi) is 4.55. The van der Waals surface area contributed by atoms with Gasteiger partial charge in [0.1, 0.15) is 0 Å². The van der Waals surface area contributed by atoms with Gasteiger partial charge in [-0.3, -0.25) is 9.59 Å². The minimum absolute atomic E-state index is 0.0333. The van der Waals surface area contributed by atoms with Crippen LogP contribution < -0.4 is 10.6 Å². The van der Waals surface area contributed by atoms with E-state index < -0.39 is 0 Å². The number of rotatable bonds is 4. The maximum atomic E-state index is 11.8. The number of nitrogens with zero attached hydrogens (tertiary/aromatic N) is 1. The number of likely N-dealkylation sites (N-methyl/N-ethyl adjacent to an activating group) is 1. The summed E-state index contributed by atoms with van der Waals surface area (Å²) in [7, 11) is 3.34. The van der Waals surface area contributed by atoms with Gasteiger partial charge in [0.2, 0.25) is 11.8 Å². The van der Waals surface area contributed by atoms with E-state index in [0.29, 0.717) is 13.0 Å². The minimum atomic E-state index is -0.0420. The van der Waals surface area contributed by atoms with Gasteiger partial charge in [-0.1, -0.05) is 0 Å². The molecule has 0 saturated carbocycles. The van der Waals surface area contributed by atoms with Crippen LogP contribution in [-0.2, 0) is 9.59 Å². The normalized spacial score (nSPS) is 20.0. The van der Waals surface area contributed by atoms with Crippen molar-refractivity contribution in [2.45, 2.75) is 25.3 Å². The van der Waals surface area contributed by atoms with Crippen LogP contribution in [0.1, 0.15) is 19.3 Å². The third kappa shape index (κ3) is 3.51. The first-order valence-electron chi connectivity index (χ1n) is 5.34. The van der Waals surface area contributed by atoms with E-state index in [0.717, 1.165) is 19.4 Å². The molecule has 86 valence electrons. The van der Waals surface area contributed by atoms with Crippen LogP contribution in [0.5, 0.6) is 0 Å². The molecule has 1 rings (SSSR count). The summed E-state index contributed by atoms with van der Waals surface area (Å²) in [6.45, 7) is 1.40. The Hall–Kier alpha value is -1.10. The van der Waals surface area contributed by atoms with Crippen LogP contribution in [-0.4, -0.2) is 49.9 Å². The lowest BCUT2D eigenvalue weighted by atomic mass is 10.2.